The van der Waals surface area contributed by atoms with Gasteiger partial charge in [-0.2, -0.15) is 13.2 Å². The second kappa shape index (κ2) is 5.68. The topological polar surface area (TPSA) is 36.4 Å². The molecular weight excluding hydrogens is 271 g/mol. The lowest BCUT2D eigenvalue weighted by Crippen LogP contribution is -2.33. The minimum atomic E-state index is -4.37. The Bertz CT molecular complexity index is 490. The molecule has 1 saturated heterocycles. The lowest BCUT2D eigenvalue weighted by atomic mass is 10.2. The van der Waals surface area contributed by atoms with Gasteiger partial charge >= 0.3 is 6.18 Å². The van der Waals surface area contributed by atoms with Gasteiger partial charge in [-0.05, 0) is 18.6 Å². The molecule has 0 spiro atoms. The maximum absolute atomic E-state index is 12.7. The van der Waals surface area contributed by atoms with Crippen molar-refractivity contribution in [3.8, 4) is 0 Å². The molecule has 0 unspecified atom stereocenters. The molecule has 0 atom stereocenters. The van der Waals surface area contributed by atoms with Crippen LogP contribution in [0.3, 0.4) is 0 Å². The van der Waals surface area contributed by atoms with Gasteiger partial charge in [0.25, 0.3) is 0 Å². The number of nitrogens with zero attached hydrogens (tertiary/aromatic N) is 3. The summed E-state index contributed by atoms with van der Waals surface area (Å²) in [4.78, 5) is 18.8. The Labute approximate surface area is 115 Å². The van der Waals surface area contributed by atoms with E-state index in [2.05, 4.69) is 4.98 Å². The molecule has 1 fully saturated rings. The molecule has 20 heavy (non-hydrogen) atoms. The summed E-state index contributed by atoms with van der Waals surface area (Å²) < 4.78 is 38.1. The minimum absolute atomic E-state index is 0.0103. The highest BCUT2D eigenvalue weighted by molar-refractivity contribution is 5.73. The molecule has 1 amide bonds. The molecular formula is C13H16F3N3O. The average Bonchev–Trinajstić information content (AvgIpc) is 2.63. The largest absolute Gasteiger partial charge is 0.416 e. The summed E-state index contributed by atoms with van der Waals surface area (Å²) in [6.45, 7) is 3.72. The van der Waals surface area contributed by atoms with E-state index in [1.165, 1.54) is 13.1 Å². The Morgan fingerprint density at radius 2 is 2.00 bits per heavy atom. The molecule has 1 aliphatic rings. The SMILES string of the molecule is CC(=O)N1CCCN(c2cc(C(F)(F)F)ccn2)CC1. The predicted molar refractivity (Wildman–Crippen MR) is 68.3 cm³/mol. The molecule has 7 heteroatoms. The van der Waals surface area contributed by atoms with E-state index in [0.29, 0.717) is 32.0 Å². The summed E-state index contributed by atoms with van der Waals surface area (Å²) in [5.74, 6) is 0.300. The fourth-order valence-electron chi connectivity index (χ4n) is 2.23. The number of carbonyl (C=O) groups is 1. The average molecular weight is 287 g/mol. The third-order valence-corrected chi connectivity index (χ3v) is 3.34. The second-order valence-corrected chi connectivity index (χ2v) is 4.75. The Hall–Kier alpha value is -1.79. The first-order chi connectivity index (χ1) is 9.38. The van der Waals surface area contributed by atoms with E-state index in [9.17, 15) is 18.0 Å². The van der Waals surface area contributed by atoms with Gasteiger partial charge in [0.05, 0.1) is 5.56 Å². The molecule has 0 N–H and O–H groups in total. The predicted octanol–water partition coefficient (Wildman–Crippen LogP) is 2.16. The molecule has 2 heterocycles. The molecule has 1 aromatic heterocycles. The van der Waals surface area contributed by atoms with Crippen LogP contribution in [0.2, 0.25) is 0 Å². The van der Waals surface area contributed by atoms with Crippen molar-refractivity contribution < 1.29 is 18.0 Å². The highest BCUT2D eigenvalue weighted by Crippen LogP contribution is 2.30. The number of halogens is 3. The molecule has 4 nitrogen and oxygen atoms in total. The lowest BCUT2D eigenvalue weighted by molar-refractivity contribution is -0.137. The first-order valence-corrected chi connectivity index (χ1v) is 6.41. The van der Waals surface area contributed by atoms with E-state index in [1.54, 1.807) is 9.80 Å². The highest BCUT2D eigenvalue weighted by atomic mass is 19.4. The molecule has 1 aromatic rings. The Kier molecular flexibility index (Phi) is 4.15. The van der Waals surface area contributed by atoms with Crippen molar-refractivity contribution in [2.24, 2.45) is 0 Å². The number of alkyl halides is 3. The van der Waals surface area contributed by atoms with Crippen LogP contribution in [0, 0.1) is 0 Å². The summed E-state index contributed by atoms with van der Waals surface area (Å²) >= 11 is 0. The third-order valence-electron chi connectivity index (χ3n) is 3.34. The van der Waals surface area contributed by atoms with E-state index in [4.69, 9.17) is 0 Å². The zero-order valence-electron chi connectivity index (χ0n) is 11.2. The van der Waals surface area contributed by atoms with Crippen molar-refractivity contribution in [2.45, 2.75) is 19.5 Å². The van der Waals surface area contributed by atoms with Crippen LogP contribution >= 0.6 is 0 Å². The van der Waals surface area contributed by atoms with Crippen LogP contribution in [0.25, 0.3) is 0 Å². The number of carbonyl (C=O) groups excluding carboxylic acids is 1. The second-order valence-electron chi connectivity index (χ2n) is 4.75. The summed E-state index contributed by atoms with van der Waals surface area (Å²) in [6.07, 6.45) is -2.47. The number of anilines is 1. The zero-order valence-corrected chi connectivity index (χ0v) is 11.2. The van der Waals surface area contributed by atoms with Gasteiger partial charge in [0.15, 0.2) is 0 Å². The fourth-order valence-corrected chi connectivity index (χ4v) is 2.23. The normalized spacial score (nSPS) is 17.0. The molecule has 0 bridgehead atoms. The zero-order chi connectivity index (χ0) is 14.8. The molecule has 110 valence electrons. The minimum Gasteiger partial charge on any atom is -0.355 e. The van der Waals surface area contributed by atoms with Crippen LogP contribution in [0.5, 0.6) is 0 Å². The number of rotatable bonds is 1. The molecule has 0 aliphatic carbocycles. The number of hydrogen-bond donors (Lipinski definition) is 0. The van der Waals surface area contributed by atoms with Crippen molar-refractivity contribution in [1.29, 1.82) is 0 Å². The number of amides is 1. The van der Waals surface area contributed by atoms with Crippen LogP contribution < -0.4 is 4.90 Å². The van der Waals surface area contributed by atoms with E-state index in [-0.39, 0.29) is 5.91 Å². The summed E-state index contributed by atoms with van der Waals surface area (Å²) in [5, 5.41) is 0. The number of pyridine rings is 1. The van der Waals surface area contributed by atoms with Crippen LogP contribution in [-0.2, 0) is 11.0 Å². The Balaban J connectivity index is 2.14. The Morgan fingerprint density at radius 3 is 2.65 bits per heavy atom. The van der Waals surface area contributed by atoms with Crippen molar-refractivity contribution in [2.75, 3.05) is 31.1 Å². The number of aromatic nitrogens is 1. The van der Waals surface area contributed by atoms with Crippen LogP contribution in [0.1, 0.15) is 18.9 Å². The lowest BCUT2D eigenvalue weighted by Gasteiger charge is -2.22. The first-order valence-electron chi connectivity index (χ1n) is 6.41. The Morgan fingerprint density at radius 1 is 1.25 bits per heavy atom. The van der Waals surface area contributed by atoms with Gasteiger partial charge in [0, 0.05) is 39.3 Å². The van der Waals surface area contributed by atoms with E-state index in [0.717, 1.165) is 18.6 Å². The quantitative estimate of drug-likeness (QED) is 0.794. The van der Waals surface area contributed by atoms with Crippen molar-refractivity contribution in [1.82, 2.24) is 9.88 Å². The van der Waals surface area contributed by atoms with Gasteiger partial charge in [-0.15, -0.1) is 0 Å². The summed E-state index contributed by atoms with van der Waals surface area (Å²) in [6, 6.07) is 2.02. The van der Waals surface area contributed by atoms with Gasteiger partial charge in [0.2, 0.25) is 5.91 Å². The monoisotopic (exact) mass is 287 g/mol. The maximum Gasteiger partial charge on any atom is 0.416 e. The van der Waals surface area contributed by atoms with Crippen LogP contribution in [-0.4, -0.2) is 42.0 Å². The van der Waals surface area contributed by atoms with Gasteiger partial charge in [0.1, 0.15) is 5.82 Å². The molecule has 0 saturated carbocycles. The van der Waals surface area contributed by atoms with E-state index in [1.807, 2.05) is 0 Å². The fraction of sp³-hybridized carbons (Fsp3) is 0.538. The van der Waals surface area contributed by atoms with Crippen LogP contribution in [0.4, 0.5) is 19.0 Å². The standard InChI is InChI=1S/C13H16F3N3O/c1-10(20)18-5-2-6-19(8-7-18)12-9-11(3-4-17-12)13(14,15)16/h3-4,9H,2,5-8H2,1H3. The molecule has 0 radical (unpaired) electrons. The van der Waals surface area contributed by atoms with Gasteiger partial charge in [-0.1, -0.05) is 0 Å². The van der Waals surface area contributed by atoms with E-state index >= 15 is 0 Å². The van der Waals surface area contributed by atoms with Gasteiger partial charge in [-0.25, -0.2) is 4.98 Å². The van der Waals surface area contributed by atoms with Gasteiger partial charge < -0.3 is 9.80 Å². The summed E-state index contributed by atoms with van der Waals surface area (Å²) in [7, 11) is 0. The highest BCUT2D eigenvalue weighted by Gasteiger charge is 2.31. The maximum atomic E-state index is 12.7. The molecule has 1 aliphatic heterocycles. The van der Waals surface area contributed by atoms with Crippen molar-refractivity contribution in [3.63, 3.8) is 0 Å². The van der Waals surface area contributed by atoms with Crippen molar-refractivity contribution >= 4 is 11.7 Å². The molecule has 0 aromatic carbocycles. The first kappa shape index (κ1) is 14.6. The van der Waals surface area contributed by atoms with E-state index < -0.39 is 11.7 Å². The van der Waals surface area contributed by atoms with Gasteiger partial charge in [-0.3, -0.25) is 4.79 Å². The van der Waals surface area contributed by atoms with Crippen molar-refractivity contribution in [3.05, 3.63) is 23.9 Å². The smallest absolute Gasteiger partial charge is 0.355 e. The third kappa shape index (κ3) is 3.40. The summed E-state index contributed by atoms with van der Waals surface area (Å²) in [5.41, 5.74) is -0.699. The number of hydrogen-bond acceptors (Lipinski definition) is 3. The van der Waals surface area contributed by atoms with Crippen LogP contribution in [0.15, 0.2) is 18.3 Å². The molecule has 2 rings (SSSR count).